The second kappa shape index (κ2) is 6.02. The normalized spacial score (nSPS) is 27.2. The molecule has 6 N–H and O–H groups in total. The van der Waals surface area contributed by atoms with Gasteiger partial charge in [-0.15, -0.1) is 0 Å². The number of hydrogen-bond donors (Lipinski definition) is 5. The van der Waals surface area contributed by atoms with E-state index >= 15 is 0 Å². The quantitative estimate of drug-likeness (QED) is 0.426. The van der Waals surface area contributed by atoms with Crippen molar-refractivity contribution < 1.29 is 24.8 Å². The third-order valence-corrected chi connectivity index (χ3v) is 3.65. The van der Waals surface area contributed by atoms with Crippen molar-refractivity contribution in [1.29, 1.82) is 0 Å². The van der Waals surface area contributed by atoms with Gasteiger partial charge in [0, 0.05) is 0 Å². The van der Waals surface area contributed by atoms with E-state index < -0.39 is 36.7 Å². The zero-order valence-corrected chi connectivity index (χ0v) is 13.1. The van der Waals surface area contributed by atoms with Crippen LogP contribution in [-0.4, -0.2) is 65.9 Å². The highest BCUT2D eigenvalue weighted by atomic mass is 16.6. The number of nitrogen functional groups attached to an aromatic ring is 1. The van der Waals surface area contributed by atoms with Crippen LogP contribution in [0.25, 0.3) is 11.2 Å². The van der Waals surface area contributed by atoms with Gasteiger partial charge in [0.2, 0.25) is 5.95 Å². The first-order chi connectivity index (χ1) is 11.3. The fourth-order valence-electron chi connectivity index (χ4n) is 2.60. The lowest BCUT2D eigenvalue weighted by Crippen LogP contribution is -2.33. The van der Waals surface area contributed by atoms with Crippen LogP contribution in [0.5, 0.6) is 6.01 Å². The average Bonchev–Trinajstić information content (AvgIpc) is 2.98. The van der Waals surface area contributed by atoms with Gasteiger partial charge < -0.3 is 30.5 Å². The van der Waals surface area contributed by atoms with E-state index in [0.29, 0.717) is 0 Å². The smallest absolute Gasteiger partial charge is 0.301 e. The van der Waals surface area contributed by atoms with Gasteiger partial charge in [0.25, 0.3) is 5.56 Å². The molecule has 0 amide bonds. The van der Waals surface area contributed by atoms with Gasteiger partial charge in [-0.1, -0.05) is 0 Å². The van der Waals surface area contributed by atoms with Crippen LogP contribution in [0, 0.1) is 0 Å². The number of ether oxygens (including phenoxy) is 2. The van der Waals surface area contributed by atoms with Crippen molar-refractivity contribution in [2.24, 2.45) is 0 Å². The molecule has 3 rings (SSSR count). The third-order valence-electron chi connectivity index (χ3n) is 3.65. The lowest BCUT2D eigenvalue weighted by Gasteiger charge is -2.20. The molecule has 2 aromatic rings. The molecular formula is C13H19N5O6. The summed E-state index contributed by atoms with van der Waals surface area (Å²) in [5.74, 6) is -0.142. The molecule has 1 fully saturated rings. The Morgan fingerprint density at radius 3 is 2.67 bits per heavy atom. The van der Waals surface area contributed by atoms with Crippen LogP contribution in [0.1, 0.15) is 20.1 Å². The number of nitrogens with zero attached hydrogens (tertiary/aromatic N) is 3. The number of nitrogens with one attached hydrogen (secondary N) is 1. The molecule has 0 radical (unpaired) electrons. The molecule has 4 unspecified atom stereocenters. The number of aliphatic hydroxyl groups is 3. The summed E-state index contributed by atoms with van der Waals surface area (Å²) in [7, 11) is 0. The number of anilines is 1. The average molecular weight is 341 g/mol. The zero-order valence-electron chi connectivity index (χ0n) is 13.1. The molecule has 1 aliphatic rings. The zero-order chi connectivity index (χ0) is 17.6. The molecule has 3 heterocycles. The van der Waals surface area contributed by atoms with Crippen molar-refractivity contribution in [2.45, 2.75) is 44.5 Å². The number of imidazole rings is 1. The van der Waals surface area contributed by atoms with Crippen molar-refractivity contribution in [3.05, 3.63) is 10.4 Å². The number of aromatic nitrogens is 4. The first-order valence-corrected chi connectivity index (χ1v) is 7.40. The Hall–Kier alpha value is -2.21. The molecule has 11 nitrogen and oxygen atoms in total. The van der Waals surface area contributed by atoms with Gasteiger partial charge in [-0.05, 0) is 13.8 Å². The second-order valence-electron chi connectivity index (χ2n) is 5.78. The molecule has 0 saturated carbocycles. The topological polar surface area (TPSA) is 169 Å². The Labute approximate surface area is 135 Å². The lowest BCUT2D eigenvalue weighted by molar-refractivity contribution is -0.0550. The lowest BCUT2D eigenvalue weighted by atomic mass is 10.1. The highest BCUT2D eigenvalue weighted by Crippen LogP contribution is 2.34. The molecule has 0 aliphatic carbocycles. The summed E-state index contributed by atoms with van der Waals surface area (Å²) in [6.07, 6.45) is -5.12. The summed E-state index contributed by atoms with van der Waals surface area (Å²) in [4.78, 5) is 22.5. The van der Waals surface area contributed by atoms with Crippen LogP contribution < -0.4 is 16.0 Å². The van der Waals surface area contributed by atoms with E-state index in [1.54, 1.807) is 13.8 Å². The monoisotopic (exact) mass is 341 g/mol. The van der Waals surface area contributed by atoms with Gasteiger partial charge >= 0.3 is 6.01 Å². The second-order valence-corrected chi connectivity index (χ2v) is 5.78. The van der Waals surface area contributed by atoms with Gasteiger partial charge in [0.15, 0.2) is 17.4 Å². The van der Waals surface area contributed by atoms with Crippen LogP contribution in [0.4, 0.5) is 5.95 Å². The fourth-order valence-corrected chi connectivity index (χ4v) is 2.60. The number of rotatable bonds is 4. The van der Waals surface area contributed by atoms with Crippen LogP contribution in [-0.2, 0) is 4.74 Å². The highest BCUT2D eigenvalue weighted by molar-refractivity contribution is 5.72. The number of fused-ring (bicyclic) bond motifs is 1. The van der Waals surface area contributed by atoms with Gasteiger partial charge in [0.05, 0.1) is 12.7 Å². The van der Waals surface area contributed by atoms with E-state index in [9.17, 15) is 20.1 Å². The van der Waals surface area contributed by atoms with E-state index in [4.69, 9.17) is 15.2 Å². The van der Waals surface area contributed by atoms with Crippen molar-refractivity contribution in [1.82, 2.24) is 19.5 Å². The Morgan fingerprint density at radius 2 is 2.08 bits per heavy atom. The predicted octanol–water partition coefficient (Wildman–Crippen LogP) is -1.90. The van der Waals surface area contributed by atoms with E-state index in [1.165, 1.54) is 4.57 Å². The molecule has 2 aromatic heterocycles. The number of aromatic amines is 1. The minimum Gasteiger partial charge on any atom is -0.462 e. The van der Waals surface area contributed by atoms with E-state index in [-0.39, 0.29) is 29.2 Å². The molecule has 4 atom stereocenters. The molecule has 1 aliphatic heterocycles. The number of hydrogen-bond acceptors (Lipinski definition) is 9. The maximum atomic E-state index is 12.0. The van der Waals surface area contributed by atoms with Crippen molar-refractivity contribution >= 4 is 17.1 Å². The van der Waals surface area contributed by atoms with E-state index in [2.05, 4.69) is 15.0 Å². The summed E-state index contributed by atoms with van der Waals surface area (Å²) >= 11 is 0. The minimum absolute atomic E-state index is 0.0153. The predicted molar refractivity (Wildman–Crippen MR) is 81.3 cm³/mol. The highest BCUT2D eigenvalue weighted by Gasteiger charge is 2.45. The summed E-state index contributed by atoms with van der Waals surface area (Å²) < 4.78 is 12.3. The standard InChI is InChI=1S/C13H19N5O6/c1-4(2)23-13-15-6-9(16-12(14)17-10(6)22)18(13)11-8(21)7(20)5(3-19)24-11/h4-5,7-8,11,19-21H,3H2,1-2H3,(H3,14,16,17,22). The third kappa shape index (κ3) is 2.60. The van der Waals surface area contributed by atoms with Gasteiger partial charge in [-0.2, -0.15) is 9.97 Å². The number of nitrogens with two attached hydrogens (primary N) is 1. The van der Waals surface area contributed by atoms with E-state index in [1.807, 2.05) is 0 Å². The van der Waals surface area contributed by atoms with Crippen LogP contribution in [0.3, 0.4) is 0 Å². The molecule has 0 bridgehead atoms. The molecule has 0 spiro atoms. The molecule has 0 aromatic carbocycles. The van der Waals surface area contributed by atoms with Crippen molar-refractivity contribution in [3.8, 4) is 6.01 Å². The Bertz CT molecular complexity index is 802. The summed E-state index contributed by atoms with van der Waals surface area (Å²) in [5.41, 5.74) is 5.00. The van der Waals surface area contributed by atoms with Gasteiger partial charge in [0.1, 0.15) is 18.3 Å². The minimum atomic E-state index is -1.38. The molecular weight excluding hydrogens is 322 g/mol. The number of aliphatic hydroxyl groups excluding tert-OH is 3. The largest absolute Gasteiger partial charge is 0.462 e. The summed E-state index contributed by atoms with van der Waals surface area (Å²) in [6, 6.07) is -0.0153. The van der Waals surface area contributed by atoms with Gasteiger partial charge in [-0.3, -0.25) is 9.78 Å². The molecule has 11 heteroatoms. The Kier molecular flexibility index (Phi) is 4.17. The van der Waals surface area contributed by atoms with Crippen LogP contribution in [0.2, 0.25) is 0 Å². The van der Waals surface area contributed by atoms with Gasteiger partial charge in [-0.25, -0.2) is 4.57 Å². The first kappa shape index (κ1) is 16.6. The molecule has 132 valence electrons. The molecule has 24 heavy (non-hydrogen) atoms. The summed E-state index contributed by atoms with van der Waals surface area (Å²) in [5, 5.41) is 29.5. The van der Waals surface area contributed by atoms with Crippen LogP contribution in [0.15, 0.2) is 4.79 Å². The fraction of sp³-hybridized carbons (Fsp3) is 0.615. The molecule has 1 saturated heterocycles. The first-order valence-electron chi connectivity index (χ1n) is 7.40. The van der Waals surface area contributed by atoms with Crippen LogP contribution >= 0.6 is 0 Å². The Morgan fingerprint density at radius 1 is 1.38 bits per heavy atom. The maximum Gasteiger partial charge on any atom is 0.301 e. The van der Waals surface area contributed by atoms with Crippen molar-refractivity contribution in [3.63, 3.8) is 0 Å². The van der Waals surface area contributed by atoms with Crippen molar-refractivity contribution in [2.75, 3.05) is 12.3 Å². The SMILES string of the molecule is CC(C)Oc1nc2c(=O)[nH]c(N)nc2n1C1OC(CO)C(O)C1O. The number of H-pyrrole nitrogens is 1. The maximum absolute atomic E-state index is 12.0. The summed E-state index contributed by atoms with van der Waals surface area (Å²) in [6.45, 7) is 3.03. The van der Waals surface area contributed by atoms with E-state index in [0.717, 1.165) is 0 Å². The Balaban J connectivity index is 2.19.